The molecule has 2 rings (SSSR count). The highest BCUT2D eigenvalue weighted by Crippen LogP contribution is 2.21. The normalized spacial score (nSPS) is 11.8. The minimum Gasteiger partial charge on any atom is -0.494 e. The van der Waals surface area contributed by atoms with E-state index in [4.69, 9.17) is 4.74 Å². The number of rotatable bonds is 10. The number of hydrogen-bond donors (Lipinski definition) is 2. The van der Waals surface area contributed by atoms with Crippen molar-refractivity contribution >= 4 is 17.4 Å². The molecule has 29 heavy (non-hydrogen) atoms. The number of anilines is 2. The molecule has 0 bridgehead atoms. The smallest absolute Gasteiger partial charge is 0.319 e. The molecule has 0 aliphatic carbocycles. The Hall–Kier alpha value is -2.73. The zero-order chi connectivity index (χ0) is 21.2. The Morgan fingerprint density at radius 2 is 1.66 bits per heavy atom. The van der Waals surface area contributed by atoms with Crippen LogP contribution in [0.3, 0.4) is 0 Å². The molecule has 158 valence electrons. The lowest BCUT2D eigenvalue weighted by atomic mass is 10.1. The van der Waals surface area contributed by atoms with Crippen molar-refractivity contribution in [2.24, 2.45) is 0 Å². The van der Waals surface area contributed by atoms with Gasteiger partial charge in [-0.15, -0.1) is 0 Å². The number of urea groups is 1. The number of carbonyl (C=O) groups excluding carboxylic acids is 1. The highest BCUT2D eigenvalue weighted by Gasteiger charge is 2.15. The Bertz CT molecular complexity index is 742. The van der Waals surface area contributed by atoms with Crippen LogP contribution in [0, 0.1) is 0 Å². The monoisotopic (exact) mass is 398 g/mol. The SMILES string of the molecule is CCCCOc1ccc(NC(=O)NCC(c2ccc(N(C)C)cc2)N(C)C)cc1. The van der Waals surface area contributed by atoms with E-state index in [0.717, 1.165) is 35.5 Å². The molecule has 0 aliphatic rings. The molecule has 2 aromatic rings. The van der Waals surface area contributed by atoms with Crippen molar-refractivity contribution in [3.8, 4) is 5.75 Å². The lowest BCUT2D eigenvalue weighted by Crippen LogP contribution is -2.36. The molecule has 6 nitrogen and oxygen atoms in total. The van der Waals surface area contributed by atoms with Crippen LogP contribution in [-0.4, -0.2) is 52.3 Å². The van der Waals surface area contributed by atoms with E-state index in [1.807, 2.05) is 52.5 Å². The molecule has 0 saturated heterocycles. The first-order chi connectivity index (χ1) is 13.9. The molecule has 0 spiro atoms. The van der Waals surface area contributed by atoms with Gasteiger partial charge in [0, 0.05) is 32.0 Å². The molecule has 6 heteroatoms. The number of likely N-dealkylation sites (N-methyl/N-ethyl adjacent to an activating group) is 1. The maximum Gasteiger partial charge on any atom is 0.319 e. The van der Waals surface area contributed by atoms with Gasteiger partial charge in [-0.2, -0.15) is 0 Å². The minimum absolute atomic E-state index is 0.0892. The van der Waals surface area contributed by atoms with Crippen molar-refractivity contribution in [1.82, 2.24) is 10.2 Å². The van der Waals surface area contributed by atoms with Gasteiger partial charge in [0.2, 0.25) is 0 Å². The van der Waals surface area contributed by atoms with Gasteiger partial charge in [0.05, 0.1) is 12.6 Å². The molecule has 2 N–H and O–H groups in total. The van der Waals surface area contributed by atoms with Crippen LogP contribution in [0.25, 0.3) is 0 Å². The molecule has 0 aliphatic heterocycles. The summed E-state index contributed by atoms with van der Waals surface area (Å²) in [5.41, 5.74) is 3.05. The van der Waals surface area contributed by atoms with Gasteiger partial charge in [0.1, 0.15) is 5.75 Å². The van der Waals surface area contributed by atoms with Crippen LogP contribution >= 0.6 is 0 Å². The third-order valence-corrected chi connectivity index (χ3v) is 4.75. The van der Waals surface area contributed by atoms with E-state index in [2.05, 4.69) is 51.6 Å². The van der Waals surface area contributed by atoms with Gasteiger partial charge in [-0.25, -0.2) is 4.79 Å². The number of nitrogens with zero attached hydrogens (tertiary/aromatic N) is 2. The van der Waals surface area contributed by atoms with Crippen LogP contribution in [0.2, 0.25) is 0 Å². The Kier molecular flexibility index (Phi) is 8.80. The fraction of sp³-hybridized carbons (Fsp3) is 0.435. The van der Waals surface area contributed by atoms with Crippen LogP contribution in [-0.2, 0) is 0 Å². The van der Waals surface area contributed by atoms with E-state index in [-0.39, 0.29) is 12.1 Å². The maximum atomic E-state index is 12.3. The van der Waals surface area contributed by atoms with Crippen LogP contribution in [0.1, 0.15) is 31.4 Å². The van der Waals surface area contributed by atoms with Crippen LogP contribution in [0.4, 0.5) is 16.2 Å². The molecular weight excluding hydrogens is 364 g/mol. The predicted molar refractivity (Wildman–Crippen MR) is 121 cm³/mol. The number of benzene rings is 2. The van der Waals surface area contributed by atoms with E-state index < -0.39 is 0 Å². The van der Waals surface area contributed by atoms with Gasteiger partial charge in [-0.3, -0.25) is 0 Å². The number of nitrogens with one attached hydrogen (secondary N) is 2. The van der Waals surface area contributed by atoms with Crippen molar-refractivity contribution in [3.05, 3.63) is 54.1 Å². The average Bonchev–Trinajstić information content (AvgIpc) is 2.70. The first kappa shape index (κ1) is 22.6. The van der Waals surface area contributed by atoms with Gasteiger partial charge in [-0.1, -0.05) is 25.5 Å². The van der Waals surface area contributed by atoms with Crippen molar-refractivity contribution < 1.29 is 9.53 Å². The summed E-state index contributed by atoms with van der Waals surface area (Å²) in [4.78, 5) is 16.5. The fourth-order valence-corrected chi connectivity index (χ4v) is 2.93. The second-order valence-corrected chi connectivity index (χ2v) is 7.53. The number of amides is 2. The first-order valence-electron chi connectivity index (χ1n) is 10.1. The minimum atomic E-state index is -0.221. The molecule has 0 aromatic heterocycles. The molecule has 0 radical (unpaired) electrons. The van der Waals surface area contributed by atoms with E-state index >= 15 is 0 Å². The second kappa shape index (κ2) is 11.3. The lowest BCUT2D eigenvalue weighted by molar-refractivity contribution is 0.243. The number of ether oxygens (including phenoxy) is 1. The first-order valence-corrected chi connectivity index (χ1v) is 10.1. The van der Waals surface area contributed by atoms with Gasteiger partial charge in [-0.05, 0) is 62.5 Å². The zero-order valence-electron chi connectivity index (χ0n) is 18.2. The summed E-state index contributed by atoms with van der Waals surface area (Å²) in [6.45, 7) is 3.36. The molecule has 2 aromatic carbocycles. The lowest BCUT2D eigenvalue weighted by Gasteiger charge is -2.26. The number of unbranched alkanes of at least 4 members (excludes halogenated alkanes) is 1. The van der Waals surface area contributed by atoms with Gasteiger partial charge < -0.3 is 25.2 Å². The topological polar surface area (TPSA) is 56.8 Å². The summed E-state index contributed by atoms with van der Waals surface area (Å²) in [5, 5.41) is 5.85. The zero-order valence-corrected chi connectivity index (χ0v) is 18.2. The van der Waals surface area contributed by atoms with Crippen molar-refractivity contribution in [1.29, 1.82) is 0 Å². The van der Waals surface area contributed by atoms with Crippen molar-refractivity contribution in [2.45, 2.75) is 25.8 Å². The third-order valence-electron chi connectivity index (χ3n) is 4.75. The van der Waals surface area contributed by atoms with E-state index in [1.54, 1.807) is 0 Å². The Labute approximate surface area is 174 Å². The Morgan fingerprint density at radius 1 is 1.00 bits per heavy atom. The standard InChI is InChI=1S/C23H34N4O2/c1-6-7-16-29-21-14-10-19(11-15-21)25-23(28)24-17-22(27(4)5)18-8-12-20(13-9-18)26(2)3/h8-15,22H,6-7,16-17H2,1-5H3,(H2,24,25,28). The Morgan fingerprint density at radius 3 is 2.21 bits per heavy atom. The van der Waals surface area contributed by atoms with Crippen LogP contribution < -0.4 is 20.3 Å². The van der Waals surface area contributed by atoms with E-state index in [9.17, 15) is 4.79 Å². The third kappa shape index (κ3) is 7.31. The molecular formula is C23H34N4O2. The molecule has 0 fully saturated rings. The highest BCUT2D eigenvalue weighted by atomic mass is 16.5. The summed E-state index contributed by atoms with van der Waals surface area (Å²) in [6.07, 6.45) is 2.14. The van der Waals surface area contributed by atoms with Crippen molar-refractivity contribution in [3.63, 3.8) is 0 Å². The van der Waals surface area contributed by atoms with Crippen molar-refractivity contribution in [2.75, 3.05) is 51.6 Å². The van der Waals surface area contributed by atoms with Gasteiger partial charge in [0.15, 0.2) is 0 Å². The summed E-state index contributed by atoms with van der Waals surface area (Å²) in [5.74, 6) is 0.818. The second-order valence-electron chi connectivity index (χ2n) is 7.53. The average molecular weight is 399 g/mol. The molecule has 0 heterocycles. The number of hydrogen-bond acceptors (Lipinski definition) is 4. The van der Waals surface area contributed by atoms with Gasteiger partial charge in [0.25, 0.3) is 0 Å². The van der Waals surface area contributed by atoms with E-state index in [0.29, 0.717) is 13.2 Å². The largest absolute Gasteiger partial charge is 0.494 e. The quantitative estimate of drug-likeness (QED) is 0.584. The summed E-state index contributed by atoms with van der Waals surface area (Å²) >= 11 is 0. The summed E-state index contributed by atoms with van der Waals surface area (Å²) in [7, 11) is 8.07. The summed E-state index contributed by atoms with van der Waals surface area (Å²) < 4.78 is 5.65. The highest BCUT2D eigenvalue weighted by molar-refractivity contribution is 5.89. The summed E-state index contributed by atoms with van der Waals surface area (Å²) in [6, 6.07) is 15.7. The predicted octanol–water partition coefficient (Wildman–Crippen LogP) is 4.36. The number of carbonyl (C=O) groups is 1. The van der Waals surface area contributed by atoms with Gasteiger partial charge >= 0.3 is 6.03 Å². The fourth-order valence-electron chi connectivity index (χ4n) is 2.93. The molecule has 0 saturated carbocycles. The van der Waals surface area contributed by atoms with Crippen LogP contribution in [0.15, 0.2) is 48.5 Å². The molecule has 2 amide bonds. The Balaban J connectivity index is 1.88. The van der Waals surface area contributed by atoms with Crippen LogP contribution in [0.5, 0.6) is 5.75 Å². The molecule has 1 unspecified atom stereocenters. The maximum absolute atomic E-state index is 12.3. The molecule has 1 atom stereocenters. The van der Waals surface area contributed by atoms with E-state index in [1.165, 1.54) is 0 Å².